The molecule has 0 saturated carbocycles. The van der Waals surface area contributed by atoms with Gasteiger partial charge in [-0.25, -0.2) is 0 Å². The maximum Gasteiger partial charge on any atom is 0.253 e. The second-order valence-electron chi connectivity index (χ2n) is 4.92. The van der Waals surface area contributed by atoms with Crippen LogP contribution in [-0.2, 0) is 0 Å². The number of nitrogens with one attached hydrogen (secondary N) is 1. The fourth-order valence-corrected chi connectivity index (χ4v) is 1.34. The van der Waals surface area contributed by atoms with Gasteiger partial charge in [0.1, 0.15) is 0 Å². The smallest absolute Gasteiger partial charge is 0.253 e. The van der Waals surface area contributed by atoms with E-state index in [4.69, 9.17) is 18.0 Å². The van der Waals surface area contributed by atoms with Crippen LogP contribution in [0.25, 0.3) is 0 Å². The van der Waals surface area contributed by atoms with Gasteiger partial charge in [0.05, 0.1) is 21.9 Å². The van der Waals surface area contributed by atoms with Crippen LogP contribution in [0.15, 0.2) is 6.07 Å². The van der Waals surface area contributed by atoms with Crippen molar-refractivity contribution in [2.75, 3.05) is 6.54 Å². The van der Waals surface area contributed by atoms with Gasteiger partial charge in [-0.1, -0.05) is 26.1 Å². The predicted molar refractivity (Wildman–Crippen MR) is 74.4 cm³/mol. The summed E-state index contributed by atoms with van der Waals surface area (Å²) in [6.07, 6.45) is 0. The molecule has 1 rings (SSSR count). The van der Waals surface area contributed by atoms with Crippen molar-refractivity contribution in [3.8, 4) is 0 Å². The number of nitrogens with zero attached hydrogens (tertiary/aromatic N) is 2. The summed E-state index contributed by atoms with van der Waals surface area (Å²) in [6, 6.07) is 1.71. The highest BCUT2D eigenvalue weighted by Crippen LogP contribution is 2.14. The first-order chi connectivity index (χ1) is 8.24. The van der Waals surface area contributed by atoms with E-state index in [9.17, 15) is 4.79 Å². The molecule has 0 fully saturated rings. The molecule has 5 nitrogen and oxygen atoms in total. The molecule has 3 N–H and O–H groups in total. The van der Waals surface area contributed by atoms with Crippen LogP contribution in [0.4, 0.5) is 0 Å². The highest BCUT2D eigenvalue weighted by atomic mass is 32.1. The van der Waals surface area contributed by atoms with Gasteiger partial charge in [-0.3, -0.25) is 4.79 Å². The quantitative estimate of drug-likeness (QED) is 0.799. The maximum absolute atomic E-state index is 12.0. The molecule has 0 saturated heterocycles. The molecular weight excluding hydrogens is 248 g/mol. The number of hydrogen-bond acceptors (Lipinski definition) is 4. The van der Waals surface area contributed by atoms with Gasteiger partial charge in [0.15, 0.2) is 0 Å². The average molecular weight is 266 g/mol. The first-order valence-corrected chi connectivity index (χ1v) is 6.04. The maximum atomic E-state index is 12.0. The molecule has 1 amide bonds. The van der Waals surface area contributed by atoms with Crippen LogP contribution in [-0.4, -0.2) is 27.6 Å². The lowest BCUT2D eigenvalue weighted by atomic mass is 9.93. The average Bonchev–Trinajstić information content (AvgIpc) is 2.29. The third kappa shape index (κ3) is 3.46. The molecule has 0 aliphatic carbocycles. The van der Waals surface area contributed by atoms with E-state index in [-0.39, 0.29) is 5.91 Å². The van der Waals surface area contributed by atoms with E-state index in [2.05, 4.69) is 15.5 Å². The Morgan fingerprint density at radius 1 is 1.44 bits per heavy atom. The van der Waals surface area contributed by atoms with E-state index in [1.54, 1.807) is 19.9 Å². The van der Waals surface area contributed by atoms with Gasteiger partial charge in [-0.2, -0.15) is 10.2 Å². The minimum atomic E-state index is -0.408. The molecule has 1 heterocycles. The molecule has 98 valence electrons. The van der Waals surface area contributed by atoms with Gasteiger partial charge < -0.3 is 11.1 Å². The predicted octanol–water partition coefficient (Wildman–Crippen LogP) is 1.14. The van der Waals surface area contributed by atoms with Crippen molar-refractivity contribution in [1.29, 1.82) is 0 Å². The van der Waals surface area contributed by atoms with Gasteiger partial charge in [-0.15, -0.1) is 0 Å². The van der Waals surface area contributed by atoms with Crippen LogP contribution in [0.3, 0.4) is 0 Å². The summed E-state index contributed by atoms with van der Waals surface area (Å²) in [6.45, 7) is 7.71. The lowest BCUT2D eigenvalue weighted by Crippen LogP contribution is -2.41. The fraction of sp³-hybridized carbons (Fsp3) is 0.500. The molecular formula is C12H18N4OS. The SMILES string of the molecule is Cc1cc(C(=O)NCC(C)(C)C(N)=S)c(C)nn1. The van der Waals surface area contributed by atoms with Crippen LogP contribution in [0, 0.1) is 19.3 Å². The highest BCUT2D eigenvalue weighted by molar-refractivity contribution is 7.80. The lowest BCUT2D eigenvalue weighted by molar-refractivity contribution is 0.0943. The van der Waals surface area contributed by atoms with Crippen molar-refractivity contribution in [2.24, 2.45) is 11.1 Å². The van der Waals surface area contributed by atoms with Crippen molar-refractivity contribution in [3.05, 3.63) is 23.0 Å². The highest BCUT2D eigenvalue weighted by Gasteiger charge is 2.23. The number of nitrogens with two attached hydrogens (primary N) is 1. The monoisotopic (exact) mass is 266 g/mol. The normalized spacial score (nSPS) is 11.1. The molecule has 0 unspecified atom stereocenters. The molecule has 0 aliphatic heterocycles. The first-order valence-electron chi connectivity index (χ1n) is 5.63. The van der Waals surface area contributed by atoms with E-state index in [0.717, 1.165) is 0 Å². The summed E-state index contributed by atoms with van der Waals surface area (Å²) in [4.78, 5) is 12.4. The zero-order chi connectivity index (χ0) is 13.9. The summed E-state index contributed by atoms with van der Waals surface area (Å²) >= 11 is 4.95. The van der Waals surface area contributed by atoms with Crippen molar-refractivity contribution in [3.63, 3.8) is 0 Å². The molecule has 1 aromatic heterocycles. The van der Waals surface area contributed by atoms with Crippen molar-refractivity contribution in [2.45, 2.75) is 27.7 Å². The van der Waals surface area contributed by atoms with Gasteiger partial charge in [0.25, 0.3) is 5.91 Å². The lowest BCUT2D eigenvalue weighted by Gasteiger charge is -2.23. The van der Waals surface area contributed by atoms with Gasteiger partial charge in [-0.05, 0) is 19.9 Å². The van der Waals surface area contributed by atoms with Crippen molar-refractivity contribution in [1.82, 2.24) is 15.5 Å². The molecule has 1 aromatic rings. The van der Waals surface area contributed by atoms with Crippen LogP contribution in [0.1, 0.15) is 35.6 Å². The fourth-order valence-electron chi connectivity index (χ4n) is 1.26. The van der Waals surface area contributed by atoms with Crippen molar-refractivity contribution >= 4 is 23.1 Å². The number of aromatic nitrogens is 2. The Bertz CT molecular complexity index is 485. The zero-order valence-corrected chi connectivity index (χ0v) is 11.9. The standard InChI is InChI=1S/C12H18N4OS/c1-7-5-9(8(2)16-15-7)10(17)14-6-12(3,4)11(13)18/h5H,6H2,1-4H3,(H2,13,18)(H,14,17). The second kappa shape index (κ2) is 5.39. The number of thiocarbonyl (C=S) groups is 1. The van der Waals surface area contributed by atoms with E-state index >= 15 is 0 Å². The summed E-state index contributed by atoms with van der Waals surface area (Å²) < 4.78 is 0. The molecule has 18 heavy (non-hydrogen) atoms. The Balaban J connectivity index is 2.78. The molecule has 6 heteroatoms. The van der Waals surface area contributed by atoms with Crippen LogP contribution < -0.4 is 11.1 Å². The van der Waals surface area contributed by atoms with E-state index < -0.39 is 5.41 Å². The van der Waals surface area contributed by atoms with E-state index in [1.807, 2.05) is 13.8 Å². The summed E-state index contributed by atoms with van der Waals surface area (Å²) in [7, 11) is 0. The Morgan fingerprint density at radius 3 is 2.61 bits per heavy atom. The van der Waals surface area contributed by atoms with Gasteiger partial charge in [0, 0.05) is 12.0 Å². The Morgan fingerprint density at radius 2 is 2.06 bits per heavy atom. The van der Waals surface area contributed by atoms with Gasteiger partial charge >= 0.3 is 0 Å². The Hall–Kier alpha value is -1.56. The topological polar surface area (TPSA) is 80.9 Å². The van der Waals surface area contributed by atoms with Crippen molar-refractivity contribution < 1.29 is 4.79 Å². The third-order valence-electron chi connectivity index (χ3n) is 2.70. The number of rotatable bonds is 4. The first kappa shape index (κ1) is 14.5. The zero-order valence-electron chi connectivity index (χ0n) is 11.1. The Kier molecular flexibility index (Phi) is 4.34. The third-order valence-corrected chi connectivity index (χ3v) is 3.26. The molecule has 0 aromatic carbocycles. The second-order valence-corrected chi connectivity index (χ2v) is 5.36. The molecule has 0 aliphatic rings. The number of aryl methyl sites for hydroxylation is 2. The van der Waals surface area contributed by atoms with E-state index in [0.29, 0.717) is 28.5 Å². The minimum absolute atomic E-state index is 0.185. The summed E-state index contributed by atoms with van der Waals surface area (Å²) in [5.74, 6) is -0.185. The largest absolute Gasteiger partial charge is 0.393 e. The van der Waals surface area contributed by atoms with Crippen LogP contribution in [0.2, 0.25) is 0 Å². The van der Waals surface area contributed by atoms with E-state index in [1.165, 1.54) is 0 Å². The van der Waals surface area contributed by atoms with Crippen LogP contribution >= 0.6 is 12.2 Å². The van der Waals surface area contributed by atoms with Crippen LogP contribution in [0.5, 0.6) is 0 Å². The number of carbonyl (C=O) groups excluding carboxylic acids is 1. The summed E-state index contributed by atoms with van der Waals surface area (Å²) in [5, 5.41) is 10.6. The number of hydrogen-bond donors (Lipinski definition) is 2. The van der Waals surface area contributed by atoms with Gasteiger partial charge in [0.2, 0.25) is 0 Å². The number of carbonyl (C=O) groups is 1. The summed E-state index contributed by atoms with van der Waals surface area (Å²) in [5.41, 5.74) is 7.04. The molecule has 0 radical (unpaired) electrons. The molecule has 0 bridgehead atoms. The minimum Gasteiger partial charge on any atom is -0.393 e. The number of amides is 1. The molecule has 0 atom stereocenters. The molecule has 0 spiro atoms. The Labute approximate surface area is 112 Å².